The van der Waals surface area contributed by atoms with E-state index in [0.29, 0.717) is 0 Å². The van der Waals surface area contributed by atoms with Crippen LogP contribution in [0.1, 0.15) is 54.6 Å². The molecule has 2 heteroatoms. The molecule has 1 unspecified atom stereocenters. The summed E-state index contributed by atoms with van der Waals surface area (Å²) in [5.74, 6) is -0.175. The van der Waals surface area contributed by atoms with Crippen molar-refractivity contribution in [1.29, 1.82) is 0 Å². The lowest BCUT2D eigenvalue weighted by Gasteiger charge is -2.21. The number of rotatable bonds is 4. The fraction of sp³-hybridized carbons (Fsp3) is 0.368. The first kappa shape index (κ1) is 14.3. The summed E-state index contributed by atoms with van der Waals surface area (Å²) < 4.78 is 13.3. The first-order chi connectivity index (χ1) is 10.1. The van der Waals surface area contributed by atoms with Gasteiger partial charge in [-0.25, -0.2) is 4.39 Å². The molecule has 0 amide bonds. The van der Waals surface area contributed by atoms with E-state index < -0.39 is 0 Å². The van der Waals surface area contributed by atoms with Crippen molar-refractivity contribution in [2.75, 3.05) is 0 Å². The van der Waals surface area contributed by atoms with Gasteiger partial charge >= 0.3 is 0 Å². The molecule has 110 valence electrons. The molecule has 0 heterocycles. The van der Waals surface area contributed by atoms with Gasteiger partial charge in [-0.3, -0.25) is 0 Å². The van der Waals surface area contributed by atoms with Crippen LogP contribution in [0.25, 0.3) is 0 Å². The minimum atomic E-state index is -0.175. The normalized spacial score (nSPS) is 16.5. The molecule has 0 fully saturated rings. The molecule has 2 aromatic rings. The predicted octanol–water partition coefficient (Wildman–Crippen LogP) is 4.73. The van der Waals surface area contributed by atoms with Crippen molar-refractivity contribution in [2.24, 2.45) is 0 Å². The monoisotopic (exact) mass is 283 g/mol. The molecule has 1 N–H and O–H groups in total. The quantitative estimate of drug-likeness (QED) is 0.855. The van der Waals surface area contributed by atoms with E-state index in [9.17, 15) is 4.39 Å². The third-order valence-corrected chi connectivity index (χ3v) is 4.47. The van der Waals surface area contributed by atoms with E-state index in [2.05, 4.69) is 37.4 Å². The van der Waals surface area contributed by atoms with Crippen molar-refractivity contribution in [3.05, 3.63) is 70.5 Å². The number of benzene rings is 2. The van der Waals surface area contributed by atoms with Gasteiger partial charge in [0, 0.05) is 12.1 Å². The molecular formula is C19H22FN. The molecule has 0 bridgehead atoms. The van der Waals surface area contributed by atoms with E-state index in [1.54, 1.807) is 12.1 Å². The fourth-order valence-electron chi connectivity index (χ4n) is 3.20. The topological polar surface area (TPSA) is 12.0 Å². The maximum Gasteiger partial charge on any atom is 0.123 e. The molecular weight excluding hydrogens is 261 g/mol. The highest BCUT2D eigenvalue weighted by Gasteiger charge is 2.15. The minimum absolute atomic E-state index is 0.129. The maximum atomic E-state index is 13.3. The molecule has 0 aliphatic heterocycles. The molecule has 0 saturated heterocycles. The number of halogens is 1. The zero-order valence-electron chi connectivity index (χ0n) is 12.7. The van der Waals surface area contributed by atoms with Crippen molar-refractivity contribution < 1.29 is 4.39 Å². The maximum absolute atomic E-state index is 13.3. The molecule has 0 spiro atoms. The Kier molecular flexibility index (Phi) is 4.07. The van der Waals surface area contributed by atoms with Gasteiger partial charge in [-0.15, -0.1) is 0 Å². The Hall–Kier alpha value is -1.67. The van der Waals surface area contributed by atoms with Gasteiger partial charge in [-0.1, -0.05) is 30.3 Å². The van der Waals surface area contributed by atoms with Crippen LogP contribution >= 0.6 is 0 Å². The van der Waals surface area contributed by atoms with Gasteiger partial charge in [0.25, 0.3) is 0 Å². The third-order valence-electron chi connectivity index (χ3n) is 4.47. The molecule has 2 atom stereocenters. The highest BCUT2D eigenvalue weighted by molar-refractivity contribution is 5.36. The Morgan fingerprint density at radius 1 is 0.905 bits per heavy atom. The summed E-state index contributed by atoms with van der Waals surface area (Å²) in [6.45, 7) is 4.26. The van der Waals surface area contributed by atoms with Crippen LogP contribution in [0.4, 0.5) is 4.39 Å². The number of hydrogen-bond donors (Lipinski definition) is 1. The van der Waals surface area contributed by atoms with Crippen LogP contribution in [-0.2, 0) is 12.8 Å². The molecule has 21 heavy (non-hydrogen) atoms. The second-order valence-corrected chi connectivity index (χ2v) is 6.05. The number of fused-ring (bicyclic) bond motifs is 1. The number of nitrogens with one attached hydrogen (secondary N) is 1. The largest absolute Gasteiger partial charge is 0.304 e. The average Bonchev–Trinajstić information content (AvgIpc) is 2.94. The van der Waals surface area contributed by atoms with E-state index in [4.69, 9.17) is 0 Å². The van der Waals surface area contributed by atoms with Crippen molar-refractivity contribution in [3.63, 3.8) is 0 Å². The van der Waals surface area contributed by atoms with Gasteiger partial charge in [0.15, 0.2) is 0 Å². The van der Waals surface area contributed by atoms with Crippen LogP contribution in [-0.4, -0.2) is 0 Å². The van der Waals surface area contributed by atoms with Crippen molar-refractivity contribution >= 4 is 0 Å². The van der Waals surface area contributed by atoms with Crippen LogP contribution in [0.3, 0.4) is 0 Å². The van der Waals surface area contributed by atoms with Gasteiger partial charge in [-0.2, -0.15) is 0 Å². The number of hydrogen-bond acceptors (Lipinski definition) is 1. The Balaban J connectivity index is 1.72. The fourth-order valence-corrected chi connectivity index (χ4v) is 3.20. The molecule has 1 aliphatic rings. The first-order valence-electron chi connectivity index (χ1n) is 7.76. The average molecular weight is 283 g/mol. The Labute approximate surface area is 126 Å². The zero-order valence-corrected chi connectivity index (χ0v) is 12.7. The van der Waals surface area contributed by atoms with E-state index in [-0.39, 0.29) is 17.9 Å². The van der Waals surface area contributed by atoms with Crippen molar-refractivity contribution in [1.82, 2.24) is 5.32 Å². The highest BCUT2D eigenvalue weighted by atomic mass is 19.1. The van der Waals surface area contributed by atoms with Crippen LogP contribution in [0.5, 0.6) is 0 Å². The summed E-state index contributed by atoms with van der Waals surface area (Å²) in [7, 11) is 0. The molecule has 1 aliphatic carbocycles. The van der Waals surface area contributed by atoms with Crippen LogP contribution in [0.15, 0.2) is 42.5 Å². The van der Waals surface area contributed by atoms with Gasteiger partial charge in [0.05, 0.1) is 0 Å². The lowest BCUT2D eigenvalue weighted by atomic mass is 10.0. The van der Waals surface area contributed by atoms with Crippen LogP contribution < -0.4 is 5.32 Å². The second kappa shape index (κ2) is 5.98. The lowest BCUT2D eigenvalue weighted by molar-refractivity contribution is 0.491. The number of aryl methyl sites for hydroxylation is 2. The summed E-state index contributed by atoms with van der Waals surface area (Å²) in [5.41, 5.74) is 5.31. The predicted molar refractivity (Wildman–Crippen MR) is 84.8 cm³/mol. The molecule has 1 nitrogen and oxygen atoms in total. The van der Waals surface area contributed by atoms with Crippen molar-refractivity contribution in [3.8, 4) is 0 Å². The summed E-state index contributed by atoms with van der Waals surface area (Å²) >= 11 is 0. The Bertz CT molecular complexity index is 635. The Morgan fingerprint density at radius 2 is 1.62 bits per heavy atom. The van der Waals surface area contributed by atoms with Gasteiger partial charge in [0.1, 0.15) is 5.82 Å². The van der Waals surface area contributed by atoms with Crippen molar-refractivity contribution in [2.45, 2.75) is 45.2 Å². The lowest BCUT2D eigenvalue weighted by Crippen LogP contribution is -2.22. The summed E-state index contributed by atoms with van der Waals surface area (Å²) in [4.78, 5) is 0. The highest BCUT2D eigenvalue weighted by Crippen LogP contribution is 2.26. The Morgan fingerprint density at radius 3 is 2.38 bits per heavy atom. The first-order valence-corrected chi connectivity index (χ1v) is 7.76. The second-order valence-electron chi connectivity index (χ2n) is 6.05. The molecule has 0 saturated carbocycles. The molecule has 0 aromatic heterocycles. The van der Waals surface area contributed by atoms with E-state index in [1.165, 1.54) is 42.0 Å². The minimum Gasteiger partial charge on any atom is -0.304 e. The van der Waals surface area contributed by atoms with Gasteiger partial charge in [-0.05, 0) is 67.5 Å². The molecule has 3 rings (SSSR count). The smallest absolute Gasteiger partial charge is 0.123 e. The van der Waals surface area contributed by atoms with E-state index in [1.807, 2.05) is 6.07 Å². The third kappa shape index (κ3) is 3.16. The summed E-state index contributed by atoms with van der Waals surface area (Å²) in [6, 6.07) is 14.0. The zero-order chi connectivity index (χ0) is 14.8. The van der Waals surface area contributed by atoms with Crippen LogP contribution in [0, 0.1) is 5.82 Å². The standard InChI is InChI=1S/C19H22FN/c1-13(16-6-4-8-19(20)12-16)21-14(2)17-10-9-15-5-3-7-18(15)11-17/h4,6,8-14,21H,3,5,7H2,1-2H3/t13-,14?/m0/s1. The molecule has 2 aromatic carbocycles. The summed E-state index contributed by atoms with van der Waals surface area (Å²) in [6.07, 6.45) is 3.70. The van der Waals surface area contributed by atoms with Crippen LogP contribution in [0.2, 0.25) is 0 Å². The summed E-state index contributed by atoms with van der Waals surface area (Å²) in [5, 5.41) is 3.56. The molecule has 0 radical (unpaired) electrons. The van der Waals surface area contributed by atoms with E-state index >= 15 is 0 Å². The van der Waals surface area contributed by atoms with Gasteiger partial charge < -0.3 is 5.32 Å². The van der Waals surface area contributed by atoms with Gasteiger partial charge in [0.2, 0.25) is 0 Å². The van der Waals surface area contributed by atoms with E-state index in [0.717, 1.165) is 5.56 Å². The SMILES string of the molecule is CC(N[C@@H](C)c1cccc(F)c1)c1ccc2c(c1)CCC2.